The zero-order chi connectivity index (χ0) is 34.8. The fraction of sp³-hybridized carbons (Fsp3) is 0.886. The van der Waals surface area contributed by atoms with Gasteiger partial charge in [-0.25, -0.2) is 0 Å². The third kappa shape index (κ3) is 9.43. The van der Waals surface area contributed by atoms with Crippen molar-refractivity contribution in [3.05, 3.63) is 0 Å². The van der Waals surface area contributed by atoms with E-state index in [0.29, 0.717) is 6.42 Å². The molecule has 45 heavy (non-hydrogen) atoms. The second-order valence-electron chi connectivity index (χ2n) is 16.8. The molecule has 0 aromatic heterocycles. The van der Waals surface area contributed by atoms with E-state index in [1.54, 1.807) is 90.2 Å². The van der Waals surface area contributed by atoms with Crippen LogP contribution in [0, 0.1) is 27.6 Å². The maximum atomic E-state index is 13.5. The lowest BCUT2D eigenvalue weighted by molar-refractivity contribution is -0.275. The van der Waals surface area contributed by atoms with Gasteiger partial charge in [0.15, 0.2) is 18.3 Å². The lowest BCUT2D eigenvalue weighted by Gasteiger charge is -2.47. The summed E-state index contributed by atoms with van der Waals surface area (Å²) in [5, 5.41) is 0. The van der Waals surface area contributed by atoms with Crippen molar-refractivity contribution in [1.82, 2.24) is 0 Å². The Bertz CT molecular complexity index is 1050. The summed E-state index contributed by atoms with van der Waals surface area (Å²) in [6, 6.07) is 0. The number of carbonyl (C=O) groups excluding carboxylic acids is 4. The van der Waals surface area contributed by atoms with E-state index < -0.39 is 81.7 Å². The maximum Gasteiger partial charge on any atom is 0.311 e. The van der Waals surface area contributed by atoms with Crippen molar-refractivity contribution in [1.29, 1.82) is 0 Å². The molecule has 1 saturated carbocycles. The van der Waals surface area contributed by atoms with Gasteiger partial charge < -0.3 is 28.4 Å². The summed E-state index contributed by atoms with van der Waals surface area (Å²) in [6.07, 6.45) is -0.475. The molecule has 0 amide bonds. The van der Waals surface area contributed by atoms with Gasteiger partial charge in [-0.3, -0.25) is 19.2 Å². The Hall–Kier alpha value is -2.20. The van der Waals surface area contributed by atoms with E-state index in [2.05, 4.69) is 6.92 Å². The quantitative estimate of drug-likeness (QED) is 0.146. The number of esters is 4. The summed E-state index contributed by atoms with van der Waals surface area (Å²) in [5.74, 6) is -2.36. The minimum absolute atomic E-state index is 0.215. The third-order valence-electron chi connectivity index (χ3n) is 8.24. The number of methoxy groups -OCH3 is 1. The van der Waals surface area contributed by atoms with Crippen molar-refractivity contribution in [2.24, 2.45) is 27.6 Å². The largest absolute Gasteiger partial charge is 0.462 e. The van der Waals surface area contributed by atoms with E-state index in [1.165, 1.54) is 0 Å². The highest BCUT2D eigenvalue weighted by molar-refractivity contribution is 5.78. The van der Waals surface area contributed by atoms with Gasteiger partial charge in [-0.1, -0.05) is 32.6 Å². The van der Waals surface area contributed by atoms with Gasteiger partial charge in [0, 0.05) is 13.0 Å². The Balaban J connectivity index is 2.75. The van der Waals surface area contributed by atoms with Gasteiger partial charge in [-0.15, -0.1) is 0 Å². The number of hydrogen-bond donors (Lipinski definition) is 0. The Morgan fingerprint density at radius 2 is 1.09 bits per heavy atom. The minimum Gasteiger partial charge on any atom is -0.462 e. The molecule has 1 aliphatic heterocycles. The molecular weight excluding hydrogens is 580 g/mol. The van der Waals surface area contributed by atoms with Gasteiger partial charge in [0.2, 0.25) is 0 Å². The second-order valence-corrected chi connectivity index (χ2v) is 16.8. The van der Waals surface area contributed by atoms with Crippen LogP contribution in [0.5, 0.6) is 0 Å². The average Bonchev–Trinajstić information content (AvgIpc) is 3.51. The van der Waals surface area contributed by atoms with Gasteiger partial charge in [0.25, 0.3) is 0 Å². The van der Waals surface area contributed by atoms with Gasteiger partial charge in [-0.05, 0) is 89.5 Å². The molecule has 1 heterocycles. The van der Waals surface area contributed by atoms with E-state index in [4.69, 9.17) is 28.4 Å². The molecule has 2 fully saturated rings. The molecule has 10 nitrogen and oxygen atoms in total. The number of rotatable bonds is 11. The van der Waals surface area contributed by atoms with Crippen molar-refractivity contribution in [3.8, 4) is 0 Å². The Labute approximate surface area is 270 Å². The van der Waals surface area contributed by atoms with Crippen LogP contribution in [0.2, 0.25) is 0 Å². The summed E-state index contributed by atoms with van der Waals surface area (Å²) < 4.78 is 37.1. The third-order valence-corrected chi connectivity index (χ3v) is 8.24. The van der Waals surface area contributed by atoms with Gasteiger partial charge in [0.1, 0.15) is 18.3 Å². The molecule has 1 spiro atoms. The van der Waals surface area contributed by atoms with E-state index in [0.717, 1.165) is 25.7 Å². The van der Waals surface area contributed by atoms with Crippen molar-refractivity contribution in [3.63, 3.8) is 0 Å². The molecule has 2 rings (SSSR count). The average molecular weight is 641 g/mol. The van der Waals surface area contributed by atoms with Gasteiger partial charge in [0.05, 0.1) is 27.8 Å². The summed E-state index contributed by atoms with van der Waals surface area (Å²) >= 11 is 0. The smallest absolute Gasteiger partial charge is 0.311 e. The first kappa shape index (κ1) is 39.0. The first-order valence-electron chi connectivity index (χ1n) is 16.4. The predicted molar refractivity (Wildman–Crippen MR) is 169 cm³/mol. The summed E-state index contributed by atoms with van der Waals surface area (Å²) in [4.78, 5) is 53.4. The van der Waals surface area contributed by atoms with Crippen LogP contribution in [0.4, 0.5) is 0 Å². The fourth-order valence-corrected chi connectivity index (χ4v) is 5.33. The molecule has 0 N–H and O–H groups in total. The molecule has 0 aromatic rings. The van der Waals surface area contributed by atoms with Crippen LogP contribution in [0.1, 0.15) is 122 Å². The SMILES string of the molecule is CCCCCC[C@H]1[C@@H](OC)[C@@]12O[C@H](COC(=O)C(C)(C)C)[C@@H](OC(=O)C(C)(C)C)[C@H](OC(=O)C(C)(C)C)[C@H]2OC(=O)C(C)(C)C. The first-order chi connectivity index (χ1) is 20.4. The second kappa shape index (κ2) is 14.3. The van der Waals surface area contributed by atoms with Crippen molar-refractivity contribution in [2.45, 2.75) is 158 Å². The van der Waals surface area contributed by atoms with E-state index in [1.807, 2.05) is 0 Å². The van der Waals surface area contributed by atoms with Crippen LogP contribution in [-0.2, 0) is 47.6 Å². The first-order valence-corrected chi connectivity index (χ1v) is 16.4. The number of unbranched alkanes of at least 4 members (excludes halogenated alkanes) is 3. The molecule has 0 aromatic carbocycles. The standard InChI is InChI=1S/C35H60O10/c1-15-16-17-18-19-21-25(40-14)35(21)26(44-30(39)34(11,12)13)24(43-29(38)33(8,9)10)23(42-28(37)32(5,6)7)22(45-35)20-41-27(36)31(2,3)4/h21-26H,15-20H2,1-14H3/t21-,22+,23+,24-,25+,26+,35-/m0/s1. The fourth-order valence-electron chi connectivity index (χ4n) is 5.33. The Kier molecular flexibility index (Phi) is 12.4. The van der Waals surface area contributed by atoms with Crippen LogP contribution in [0.3, 0.4) is 0 Å². The highest BCUT2D eigenvalue weighted by Gasteiger charge is 2.78. The molecule has 260 valence electrons. The molecule has 7 atom stereocenters. The molecule has 10 heteroatoms. The highest BCUT2D eigenvalue weighted by Crippen LogP contribution is 2.59. The highest BCUT2D eigenvalue weighted by atomic mass is 16.7. The molecule has 1 saturated heterocycles. The molecule has 0 radical (unpaired) electrons. The summed E-state index contributed by atoms with van der Waals surface area (Å²) in [5.41, 5.74) is -4.78. The molecule has 2 aliphatic rings. The lowest BCUT2D eigenvalue weighted by atomic mass is 9.88. The van der Waals surface area contributed by atoms with Crippen LogP contribution in [-0.4, -0.2) is 73.7 Å². The molecule has 0 bridgehead atoms. The van der Waals surface area contributed by atoms with Crippen molar-refractivity contribution in [2.75, 3.05) is 13.7 Å². The predicted octanol–water partition coefficient (Wildman–Crippen LogP) is 6.20. The van der Waals surface area contributed by atoms with Gasteiger partial charge in [-0.2, -0.15) is 0 Å². The van der Waals surface area contributed by atoms with Crippen LogP contribution in [0.15, 0.2) is 0 Å². The lowest BCUT2D eigenvalue weighted by Crippen LogP contribution is -2.66. The summed E-state index contributed by atoms with van der Waals surface area (Å²) in [6.45, 7) is 22.5. The summed E-state index contributed by atoms with van der Waals surface area (Å²) in [7, 11) is 1.57. The minimum atomic E-state index is -1.26. The van der Waals surface area contributed by atoms with Gasteiger partial charge >= 0.3 is 23.9 Å². The Morgan fingerprint density at radius 1 is 0.622 bits per heavy atom. The van der Waals surface area contributed by atoms with Crippen molar-refractivity contribution >= 4 is 23.9 Å². The molecule has 1 aliphatic carbocycles. The van der Waals surface area contributed by atoms with Crippen molar-refractivity contribution < 1.29 is 47.6 Å². The topological polar surface area (TPSA) is 124 Å². The monoisotopic (exact) mass is 640 g/mol. The zero-order valence-electron chi connectivity index (χ0n) is 30.3. The molecular formula is C35H60O10. The van der Waals surface area contributed by atoms with E-state index >= 15 is 0 Å². The van der Waals surface area contributed by atoms with Crippen LogP contribution >= 0.6 is 0 Å². The number of carbonyl (C=O) groups is 4. The zero-order valence-corrected chi connectivity index (χ0v) is 30.3. The normalized spacial score (nSPS) is 28.8. The van der Waals surface area contributed by atoms with E-state index in [-0.39, 0.29) is 12.5 Å². The molecule has 0 unspecified atom stereocenters. The Morgan fingerprint density at radius 3 is 1.53 bits per heavy atom. The maximum absolute atomic E-state index is 13.5. The number of hydrogen-bond acceptors (Lipinski definition) is 10. The van der Waals surface area contributed by atoms with Crippen LogP contribution < -0.4 is 0 Å². The number of ether oxygens (including phenoxy) is 6. The van der Waals surface area contributed by atoms with Crippen LogP contribution in [0.25, 0.3) is 0 Å². The van der Waals surface area contributed by atoms with E-state index in [9.17, 15) is 19.2 Å².